The fraction of sp³-hybridized carbons (Fsp3) is 0.579. The van der Waals surface area contributed by atoms with Crippen LogP contribution in [0.25, 0.3) is 0 Å². The van der Waals surface area contributed by atoms with Gasteiger partial charge in [-0.05, 0) is 62.0 Å². The fourth-order valence-electron chi connectivity index (χ4n) is 4.33. The standard InChI is InChI=1S/C19H24N2O5/c1-11-3-6-16(21(24)25)19(12(11)2)20-17(22)10-26-18(23)9-15-8-13-4-5-14(15)7-13/h3,6,13-15H,4-5,7-10H2,1-2H3,(H,20,22)/t13-,14-,15+/m1/s1. The Kier molecular flexibility index (Phi) is 5.25. The molecule has 1 N–H and O–H groups in total. The Labute approximate surface area is 152 Å². The van der Waals surface area contributed by atoms with Crippen molar-refractivity contribution in [2.75, 3.05) is 11.9 Å². The first-order valence-corrected chi connectivity index (χ1v) is 9.05. The Bertz CT molecular complexity index is 746. The van der Waals surface area contributed by atoms with Crippen LogP contribution in [-0.4, -0.2) is 23.4 Å². The monoisotopic (exact) mass is 360 g/mol. The Morgan fingerprint density at radius 2 is 2.04 bits per heavy atom. The number of ether oxygens (including phenoxy) is 1. The number of fused-ring (bicyclic) bond motifs is 2. The van der Waals surface area contributed by atoms with Crippen molar-refractivity contribution in [3.05, 3.63) is 33.4 Å². The van der Waals surface area contributed by atoms with E-state index in [0.29, 0.717) is 23.8 Å². The minimum absolute atomic E-state index is 0.157. The first-order valence-electron chi connectivity index (χ1n) is 9.05. The molecule has 0 spiro atoms. The first-order chi connectivity index (χ1) is 12.3. The maximum atomic E-state index is 12.1. The van der Waals surface area contributed by atoms with Gasteiger partial charge in [-0.25, -0.2) is 0 Å². The highest BCUT2D eigenvalue weighted by Crippen LogP contribution is 2.49. The van der Waals surface area contributed by atoms with Gasteiger partial charge in [0.2, 0.25) is 0 Å². The van der Waals surface area contributed by atoms with E-state index in [9.17, 15) is 19.7 Å². The number of carbonyl (C=O) groups excluding carboxylic acids is 2. The van der Waals surface area contributed by atoms with Gasteiger partial charge in [-0.2, -0.15) is 0 Å². The van der Waals surface area contributed by atoms with Crippen molar-refractivity contribution < 1.29 is 19.2 Å². The van der Waals surface area contributed by atoms with E-state index in [2.05, 4.69) is 5.32 Å². The third-order valence-electron chi connectivity index (χ3n) is 5.85. The Balaban J connectivity index is 1.54. The van der Waals surface area contributed by atoms with Crippen molar-refractivity contribution in [2.45, 2.75) is 46.0 Å². The number of benzene rings is 1. The molecular formula is C19H24N2O5. The van der Waals surface area contributed by atoms with Crippen molar-refractivity contribution in [1.29, 1.82) is 0 Å². The lowest BCUT2D eigenvalue weighted by Gasteiger charge is -2.20. The van der Waals surface area contributed by atoms with Gasteiger partial charge in [-0.1, -0.05) is 12.5 Å². The van der Waals surface area contributed by atoms with E-state index in [1.54, 1.807) is 13.0 Å². The summed E-state index contributed by atoms with van der Waals surface area (Å²) in [7, 11) is 0. The van der Waals surface area contributed by atoms with Gasteiger partial charge < -0.3 is 10.1 Å². The number of esters is 1. The number of carbonyl (C=O) groups is 2. The molecule has 7 heteroatoms. The molecule has 1 aromatic carbocycles. The number of aryl methyl sites for hydroxylation is 1. The molecule has 3 rings (SSSR count). The lowest BCUT2D eigenvalue weighted by Crippen LogP contribution is -2.24. The molecule has 2 aliphatic rings. The van der Waals surface area contributed by atoms with Crippen molar-refractivity contribution >= 4 is 23.3 Å². The summed E-state index contributed by atoms with van der Waals surface area (Å²) in [6, 6.07) is 3.00. The zero-order chi connectivity index (χ0) is 18.8. The zero-order valence-corrected chi connectivity index (χ0v) is 15.1. The van der Waals surface area contributed by atoms with E-state index < -0.39 is 17.4 Å². The van der Waals surface area contributed by atoms with Crippen molar-refractivity contribution in [3.8, 4) is 0 Å². The molecule has 26 heavy (non-hydrogen) atoms. The van der Waals surface area contributed by atoms with Crippen LogP contribution in [0.15, 0.2) is 12.1 Å². The molecule has 7 nitrogen and oxygen atoms in total. The minimum atomic E-state index is -0.567. The summed E-state index contributed by atoms with van der Waals surface area (Å²) in [6.45, 7) is 3.09. The molecule has 2 bridgehead atoms. The van der Waals surface area contributed by atoms with E-state index in [4.69, 9.17) is 4.74 Å². The molecule has 2 aliphatic carbocycles. The zero-order valence-electron chi connectivity index (χ0n) is 15.1. The average molecular weight is 360 g/mol. The fourth-order valence-corrected chi connectivity index (χ4v) is 4.33. The second-order valence-corrected chi connectivity index (χ2v) is 7.51. The van der Waals surface area contributed by atoms with Crippen LogP contribution in [0, 0.1) is 41.7 Å². The van der Waals surface area contributed by atoms with Crippen LogP contribution >= 0.6 is 0 Å². The number of nitro groups is 1. The SMILES string of the molecule is Cc1ccc([N+](=O)[O-])c(NC(=O)COC(=O)C[C@@H]2C[C@@H]3CC[C@@H]2C3)c1C. The second kappa shape index (κ2) is 7.43. The average Bonchev–Trinajstić information content (AvgIpc) is 3.20. The molecule has 1 aromatic rings. The predicted molar refractivity (Wildman–Crippen MR) is 95.7 cm³/mol. The van der Waals surface area contributed by atoms with E-state index in [1.165, 1.54) is 25.3 Å². The maximum Gasteiger partial charge on any atom is 0.306 e. The molecule has 0 radical (unpaired) electrons. The van der Waals surface area contributed by atoms with Gasteiger partial charge in [0.05, 0.1) is 4.92 Å². The van der Waals surface area contributed by atoms with Gasteiger partial charge in [0, 0.05) is 12.5 Å². The number of anilines is 1. The predicted octanol–water partition coefficient (Wildman–Crippen LogP) is 3.52. The summed E-state index contributed by atoms with van der Waals surface area (Å²) in [5, 5.41) is 13.7. The molecule has 0 unspecified atom stereocenters. The smallest absolute Gasteiger partial charge is 0.306 e. The van der Waals surface area contributed by atoms with Crippen LogP contribution in [0.4, 0.5) is 11.4 Å². The Hall–Kier alpha value is -2.44. The highest BCUT2D eigenvalue weighted by molar-refractivity contribution is 5.96. The van der Waals surface area contributed by atoms with Gasteiger partial charge in [0.25, 0.3) is 11.6 Å². The maximum absolute atomic E-state index is 12.1. The summed E-state index contributed by atoms with van der Waals surface area (Å²) in [5.74, 6) is 0.825. The van der Waals surface area contributed by atoms with Gasteiger partial charge in [-0.15, -0.1) is 0 Å². The number of nitrogens with zero attached hydrogens (tertiary/aromatic N) is 1. The van der Waals surface area contributed by atoms with Crippen molar-refractivity contribution in [2.24, 2.45) is 17.8 Å². The normalized spacial score (nSPS) is 23.7. The van der Waals surface area contributed by atoms with Crippen molar-refractivity contribution in [3.63, 3.8) is 0 Å². The van der Waals surface area contributed by atoms with Crippen LogP contribution < -0.4 is 5.32 Å². The number of rotatable bonds is 6. The lowest BCUT2D eigenvalue weighted by molar-refractivity contribution is -0.384. The third-order valence-corrected chi connectivity index (χ3v) is 5.85. The molecule has 2 fully saturated rings. The summed E-state index contributed by atoms with van der Waals surface area (Å²) in [6.07, 6.45) is 5.13. The number of hydrogen-bond donors (Lipinski definition) is 1. The van der Waals surface area contributed by atoms with Crippen molar-refractivity contribution in [1.82, 2.24) is 0 Å². The lowest BCUT2D eigenvalue weighted by atomic mass is 9.86. The molecule has 1 amide bonds. The quantitative estimate of drug-likeness (QED) is 0.475. The topological polar surface area (TPSA) is 98.5 Å². The summed E-state index contributed by atoms with van der Waals surface area (Å²) < 4.78 is 5.10. The molecule has 0 aliphatic heterocycles. The molecule has 3 atom stereocenters. The first kappa shape index (κ1) is 18.4. The van der Waals surface area contributed by atoms with E-state index in [0.717, 1.165) is 17.9 Å². The van der Waals surface area contributed by atoms with Crippen LogP contribution in [0.1, 0.15) is 43.2 Å². The van der Waals surface area contributed by atoms with Crippen LogP contribution in [0.2, 0.25) is 0 Å². The summed E-state index contributed by atoms with van der Waals surface area (Å²) in [5.41, 5.74) is 1.44. The molecular weight excluding hydrogens is 336 g/mol. The highest BCUT2D eigenvalue weighted by Gasteiger charge is 2.40. The van der Waals surface area contributed by atoms with Gasteiger partial charge in [0.15, 0.2) is 6.61 Å². The number of amides is 1. The molecule has 0 heterocycles. The summed E-state index contributed by atoms with van der Waals surface area (Å²) >= 11 is 0. The minimum Gasteiger partial charge on any atom is -0.456 e. The van der Waals surface area contributed by atoms with E-state index in [-0.39, 0.29) is 17.3 Å². The second-order valence-electron chi connectivity index (χ2n) is 7.51. The van der Waals surface area contributed by atoms with Gasteiger partial charge in [-0.3, -0.25) is 19.7 Å². The van der Waals surface area contributed by atoms with Crippen LogP contribution in [-0.2, 0) is 14.3 Å². The Morgan fingerprint density at radius 1 is 1.27 bits per heavy atom. The highest BCUT2D eigenvalue weighted by atomic mass is 16.6. The van der Waals surface area contributed by atoms with Gasteiger partial charge >= 0.3 is 5.97 Å². The van der Waals surface area contributed by atoms with Gasteiger partial charge in [0.1, 0.15) is 5.69 Å². The van der Waals surface area contributed by atoms with Crippen LogP contribution in [0.5, 0.6) is 0 Å². The number of nitro benzene ring substituents is 1. The number of hydrogen-bond acceptors (Lipinski definition) is 5. The molecule has 0 saturated heterocycles. The van der Waals surface area contributed by atoms with E-state index in [1.807, 2.05) is 6.92 Å². The molecule has 140 valence electrons. The summed E-state index contributed by atoms with van der Waals surface area (Å²) in [4.78, 5) is 34.7. The Morgan fingerprint density at radius 3 is 2.65 bits per heavy atom. The van der Waals surface area contributed by atoms with E-state index >= 15 is 0 Å². The molecule has 2 saturated carbocycles. The van der Waals surface area contributed by atoms with Crippen LogP contribution in [0.3, 0.4) is 0 Å². The molecule has 0 aromatic heterocycles. The third kappa shape index (κ3) is 3.86. The largest absolute Gasteiger partial charge is 0.456 e. The number of nitrogens with one attached hydrogen (secondary N) is 1.